The van der Waals surface area contributed by atoms with E-state index in [4.69, 9.17) is 20.8 Å². The summed E-state index contributed by atoms with van der Waals surface area (Å²) in [5.74, 6) is 0.529. The summed E-state index contributed by atoms with van der Waals surface area (Å²) in [5, 5.41) is 3.28. The van der Waals surface area contributed by atoms with E-state index in [1.807, 2.05) is 7.05 Å². The molecule has 134 valence electrons. The summed E-state index contributed by atoms with van der Waals surface area (Å²) in [7, 11) is 4.65. The van der Waals surface area contributed by atoms with E-state index in [1.54, 1.807) is 30.3 Å². The van der Waals surface area contributed by atoms with Crippen molar-refractivity contribution in [2.45, 2.75) is 6.54 Å². The van der Waals surface area contributed by atoms with Crippen molar-refractivity contribution in [3.8, 4) is 5.75 Å². The maximum Gasteiger partial charge on any atom is 0.373 e. The summed E-state index contributed by atoms with van der Waals surface area (Å²) in [6.45, 7) is 0.640. The Balaban J connectivity index is 1.93. The quantitative estimate of drug-likeness (QED) is 0.722. The van der Waals surface area contributed by atoms with E-state index in [2.05, 4.69) is 10.1 Å². The van der Waals surface area contributed by atoms with Gasteiger partial charge in [0.25, 0.3) is 5.91 Å². The average Bonchev–Trinajstić information content (AvgIpc) is 3.02. The van der Waals surface area contributed by atoms with E-state index < -0.39 is 5.97 Å². The molecule has 7 nitrogen and oxygen atoms in total. The van der Waals surface area contributed by atoms with Gasteiger partial charge in [-0.25, -0.2) is 4.79 Å². The first-order valence-electron chi connectivity index (χ1n) is 7.54. The van der Waals surface area contributed by atoms with Crippen molar-refractivity contribution in [2.24, 2.45) is 0 Å². The van der Waals surface area contributed by atoms with Crippen LogP contribution in [-0.4, -0.2) is 39.7 Å². The predicted molar refractivity (Wildman–Crippen MR) is 92.1 cm³/mol. The minimum absolute atomic E-state index is 0.137. The Morgan fingerprint density at radius 3 is 2.68 bits per heavy atom. The third-order valence-corrected chi connectivity index (χ3v) is 3.66. The molecule has 1 aromatic heterocycles. The van der Waals surface area contributed by atoms with Gasteiger partial charge in [0.2, 0.25) is 5.76 Å². The maximum absolute atomic E-state index is 12.2. The number of carbonyl (C=O) groups is 2. The summed E-state index contributed by atoms with van der Waals surface area (Å²) in [6.07, 6.45) is 0. The Bertz CT molecular complexity index is 759. The lowest BCUT2D eigenvalue weighted by atomic mass is 10.3. The zero-order valence-electron chi connectivity index (χ0n) is 14.2. The van der Waals surface area contributed by atoms with Crippen molar-refractivity contribution in [2.75, 3.05) is 33.1 Å². The Hall–Kier alpha value is -2.51. The standard InChI is InChI=1S/C17H19ClN2O5/c1-20(9-12-5-7-15(25-12)17(22)24-3)10-16(21)19-13-8-11(18)4-6-14(13)23-2/h4-8H,9-10H2,1-3H3,(H,19,21)/p+1. The van der Waals surface area contributed by atoms with Crippen LogP contribution in [0.15, 0.2) is 34.7 Å². The molecule has 2 N–H and O–H groups in total. The van der Waals surface area contributed by atoms with Gasteiger partial charge in [-0.3, -0.25) is 4.79 Å². The average molecular weight is 368 g/mol. The highest BCUT2D eigenvalue weighted by Gasteiger charge is 2.17. The number of furan rings is 1. The van der Waals surface area contributed by atoms with Gasteiger partial charge in [-0.1, -0.05) is 11.6 Å². The fourth-order valence-corrected chi connectivity index (χ4v) is 2.46. The van der Waals surface area contributed by atoms with E-state index in [0.717, 1.165) is 4.90 Å². The number of methoxy groups -OCH3 is 2. The second-order valence-corrected chi connectivity index (χ2v) is 5.90. The molecule has 2 aromatic rings. The number of hydrogen-bond acceptors (Lipinski definition) is 5. The second-order valence-electron chi connectivity index (χ2n) is 5.46. The van der Waals surface area contributed by atoms with Crippen LogP contribution in [0.1, 0.15) is 16.3 Å². The first-order valence-corrected chi connectivity index (χ1v) is 7.92. The lowest BCUT2D eigenvalue weighted by molar-refractivity contribution is -0.886. The topological polar surface area (TPSA) is 82.2 Å². The van der Waals surface area contributed by atoms with Gasteiger partial charge in [-0.15, -0.1) is 0 Å². The molecule has 8 heteroatoms. The number of carbonyl (C=O) groups excluding carboxylic acids is 2. The van der Waals surface area contributed by atoms with E-state index in [0.29, 0.717) is 28.8 Å². The minimum Gasteiger partial charge on any atom is -0.495 e. The first-order chi connectivity index (χ1) is 11.9. The number of ether oxygens (including phenoxy) is 2. The number of quaternary nitrogens is 1. The molecule has 1 aromatic carbocycles. The van der Waals surface area contributed by atoms with Crippen LogP contribution in [0.3, 0.4) is 0 Å². The molecule has 1 heterocycles. The van der Waals surface area contributed by atoms with Gasteiger partial charge in [0.15, 0.2) is 12.3 Å². The van der Waals surface area contributed by atoms with Crippen molar-refractivity contribution >= 4 is 29.2 Å². The summed E-state index contributed by atoms with van der Waals surface area (Å²) in [6, 6.07) is 8.23. The molecule has 0 bridgehead atoms. The number of esters is 1. The second kappa shape index (κ2) is 8.55. The van der Waals surface area contributed by atoms with Gasteiger partial charge in [0.05, 0.1) is 27.0 Å². The largest absolute Gasteiger partial charge is 0.495 e. The molecule has 0 radical (unpaired) electrons. The molecule has 1 unspecified atom stereocenters. The number of anilines is 1. The monoisotopic (exact) mass is 367 g/mol. The number of halogens is 1. The van der Waals surface area contributed by atoms with E-state index in [9.17, 15) is 9.59 Å². The van der Waals surface area contributed by atoms with E-state index in [1.165, 1.54) is 14.2 Å². The van der Waals surface area contributed by atoms with Crippen LogP contribution in [0.25, 0.3) is 0 Å². The van der Waals surface area contributed by atoms with Gasteiger partial charge in [-0.05, 0) is 30.3 Å². The highest BCUT2D eigenvalue weighted by molar-refractivity contribution is 6.31. The fraction of sp³-hybridized carbons (Fsp3) is 0.294. The first kappa shape index (κ1) is 18.8. The Labute approximate surface area is 150 Å². The van der Waals surface area contributed by atoms with Crippen molar-refractivity contribution in [1.82, 2.24) is 0 Å². The number of likely N-dealkylation sites (N-methyl/N-ethyl adjacent to an activating group) is 1. The molecule has 0 fully saturated rings. The normalized spacial score (nSPS) is 11.7. The number of hydrogen-bond donors (Lipinski definition) is 2. The molecule has 0 saturated carbocycles. The Morgan fingerprint density at radius 1 is 1.24 bits per heavy atom. The SMILES string of the molecule is COC(=O)c1ccc(C[NH+](C)CC(=O)Nc2cc(Cl)ccc2OC)o1. The number of rotatable bonds is 7. The third-order valence-electron chi connectivity index (χ3n) is 3.42. The smallest absolute Gasteiger partial charge is 0.373 e. The van der Waals surface area contributed by atoms with Gasteiger partial charge in [0.1, 0.15) is 12.3 Å². The highest BCUT2D eigenvalue weighted by atomic mass is 35.5. The number of nitrogens with one attached hydrogen (secondary N) is 2. The van der Waals surface area contributed by atoms with Crippen LogP contribution >= 0.6 is 11.6 Å². The lowest BCUT2D eigenvalue weighted by Gasteiger charge is -2.14. The van der Waals surface area contributed by atoms with E-state index in [-0.39, 0.29) is 18.2 Å². The summed E-state index contributed by atoms with van der Waals surface area (Å²) in [5.41, 5.74) is 0.513. The molecule has 1 amide bonds. The summed E-state index contributed by atoms with van der Waals surface area (Å²) < 4.78 is 15.2. The molecular formula is C17H20ClN2O5+. The van der Waals surface area contributed by atoms with Crippen LogP contribution in [-0.2, 0) is 16.1 Å². The van der Waals surface area contributed by atoms with E-state index >= 15 is 0 Å². The molecular weight excluding hydrogens is 348 g/mol. The zero-order chi connectivity index (χ0) is 18.4. The van der Waals surface area contributed by atoms with Crippen LogP contribution in [0.4, 0.5) is 5.69 Å². The van der Waals surface area contributed by atoms with Gasteiger partial charge >= 0.3 is 5.97 Å². The van der Waals surface area contributed by atoms with Crippen LogP contribution in [0.2, 0.25) is 5.02 Å². The van der Waals surface area contributed by atoms with Crippen molar-refractivity contribution in [1.29, 1.82) is 0 Å². The molecule has 2 rings (SSSR count). The van der Waals surface area contributed by atoms with Crippen molar-refractivity contribution in [3.63, 3.8) is 0 Å². The van der Waals surface area contributed by atoms with Gasteiger partial charge in [-0.2, -0.15) is 0 Å². The summed E-state index contributed by atoms with van der Waals surface area (Å²) in [4.78, 5) is 24.5. The van der Waals surface area contributed by atoms with Gasteiger partial charge < -0.3 is 24.1 Å². The maximum atomic E-state index is 12.2. The van der Waals surface area contributed by atoms with Gasteiger partial charge in [0, 0.05) is 5.02 Å². The minimum atomic E-state index is -0.533. The molecule has 0 spiro atoms. The van der Waals surface area contributed by atoms with Crippen LogP contribution in [0, 0.1) is 0 Å². The Morgan fingerprint density at radius 2 is 2.00 bits per heavy atom. The van der Waals surface area contributed by atoms with Crippen LogP contribution < -0.4 is 15.0 Å². The third kappa shape index (κ3) is 5.23. The number of benzene rings is 1. The van der Waals surface area contributed by atoms with Crippen molar-refractivity contribution in [3.05, 3.63) is 46.9 Å². The van der Waals surface area contributed by atoms with Crippen molar-refractivity contribution < 1.29 is 28.4 Å². The fourth-order valence-electron chi connectivity index (χ4n) is 2.29. The molecule has 25 heavy (non-hydrogen) atoms. The molecule has 0 saturated heterocycles. The van der Waals surface area contributed by atoms with Crippen LogP contribution in [0.5, 0.6) is 5.75 Å². The highest BCUT2D eigenvalue weighted by Crippen LogP contribution is 2.27. The Kier molecular flexibility index (Phi) is 6.44. The summed E-state index contributed by atoms with van der Waals surface area (Å²) >= 11 is 5.95. The zero-order valence-corrected chi connectivity index (χ0v) is 15.0. The predicted octanol–water partition coefficient (Wildman–Crippen LogP) is 1.38. The lowest BCUT2D eigenvalue weighted by Crippen LogP contribution is -3.08. The molecule has 0 aliphatic rings. The molecule has 0 aliphatic heterocycles. The molecule has 0 aliphatic carbocycles. The number of amides is 1. The molecule has 1 atom stereocenters.